The lowest BCUT2D eigenvalue weighted by molar-refractivity contribution is 0.154. The number of hydrogen-bond acceptors (Lipinski definition) is 3. The Kier molecular flexibility index (Phi) is 2.37. The molecule has 0 bridgehead atoms. The van der Waals surface area contributed by atoms with Gasteiger partial charge in [0.15, 0.2) is 11.8 Å². The molecule has 3 rings (SSSR count). The Labute approximate surface area is 113 Å². The Morgan fingerprint density at radius 2 is 2.00 bits per heavy atom. The summed E-state index contributed by atoms with van der Waals surface area (Å²) in [6.45, 7) is 10.6. The van der Waals surface area contributed by atoms with Gasteiger partial charge in [0.25, 0.3) is 0 Å². The van der Waals surface area contributed by atoms with Crippen molar-refractivity contribution in [3.05, 3.63) is 23.8 Å². The average Bonchev–Trinajstić information content (AvgIpc) is 3.02. The van der Waals surface area contributed by atoms with Crippen molar-refractivity contribution < 1.29 is 14.9 Å². The molecule has 1 saturated heterocycles. The molecule has 2 atom stereocenters. The summed E-state index contributed by atoms with van der Waals surface area (Å²) >= 11 is 0. The van der Waals surface area contributed by atoms with Crippen LogP contribution in [0.3, 0.4) is 0 Å². The highest BCUT2D eigenvalue weighted by molar-refractivity contribution is 5.51. The molecule has 2 aliphatic rings. The van der Waals surface area contributed by atoms with Crippen molar-refractivity contribution in [3.63, 3.8) is 0 Å². The SMILES string of the molecule is C=CCn1c(O)c2c(c1O)CC1(C(C)(C)C)OC1C2. The van der Waals surface area contributed by atoms with Crippen molar-refractivity contribution in [1.82, 2.24) is 4.57 Å². The van der Waals surface area contributed by atoms with Gasteiger partial charge >= 0.3 is 0 Å². The normalized spacial score (nSPS) is 28.7. The Hall–Kier alpha value is -1.42. The van der Waals surface area contributed by atoms with Crippen LogP contribution in [0.25, 0.3) is 0 Å². The Morgan fingerprint density at radius 3 is 2.58 bits per heavy atom. The van der Waals surface area contributed by atoms with Crippen molar-refractivity contribution in [3.8, 4) is 11.8 Å². The van der Waals surface area contributed by atoms with Gasteiger partial charge in [-0.25, -0.2) is 0 Å². The van der Waals surface area contributed by atoms with E-state index in [-0.39, 0.29) is 28.9 Å². The third-order valence-electron chi connectivity index (χ3n) is 4.64. The van der Waals surface area contributed by atoms with E-state index in [9.17, 15) is 10.2 Å². The summed E-state index contributed by atoms with van der Waals surface area (Å²) in [4.78, 5) is 0. The molecule has 1 aromatic heterocycles. The third-order valence-corrected chi connectivity index (χ3v) is 4.64. The molecular weight excluding hydrogens is 242 g/mol. The van der Waals surface area contributed by atoms with Crippen LogP contribution < -0.4 is 0 Å². The maximum atomic E-state index is 10.3. The van der Waals surface area contributed by atoms with E-state index in [1.165, 1.54) is 4.57 Å². The van der Waals surface area contributed by atoms with E-state index in [2.05, 4.69) is 27.4 Å². The summed E-state index contributed by atoms with van der Waals surface area (Å²) in [6, 6.07) is 0. The maximum Gasteiger partial charge on any atom is 0.197 e. The number of ether oxygens (including phenoxy) is 1. The number of epoxide rings is 1. The number of rotatable bonds is 2. The van der Waals surface area contributed by atoms with Gasteiger partial charge in [-0.05, 0) is 5.41 Å². The first kappa shape index (κ1) is 12.6. The van der Waals surface area contributed by atoms with E-state index in [1.807, 2.05) is 0 Å². The van der Waals surface area contributed by atoms with E-state index in [4.69, 9.17) is 4.74 Å². The lowest BCUT2D eigenvalue weighted by Crippen LogP contribution is -2.37. The molecule has 0 radical (unpaired) electrons. The fourth-order valence-electron chi connectivity index (χ4n) is 3.35. The molecule has 2 heterocycles. The monoisotopic (exact) mass is 263 g/mol. The zero-order valence-electron chi connectivity index (χ0n) is 11.7. The zero-order chi connectivity index (χ0) is 14.0. The van der Waals surface area contributed by atoms with Crippen LogP contribution in [-0.2, 0) is 24.1 Å². The summed E-state index contributed by atoms with van der Waals surface area (Å²) in [7, 11) is 0. The smallest absolute Gasteiger partial charge is 0.197 e. The highest BCUT2D eigenvalue weighted by Gasteiger charge is 2.65. The Balaban J connectivity index is 2.05. The third kappa shape index (κ3) is 1.49. The molecule has 1 aromatic rings. The van der Waals surface area contributed by atoms with Crippen LogP contribution >= 0.6 is 0 Å². The fraction of sp³-hybridized carbons (Fsp3) is 0.600. The standard InChI is InChI=1S/C15H21NO3/c1-5-6-16-12(17)9-7-11-15(19-11,14(2,3)4)8-10(9)13(16)18/h5,11,17-18H,1,6-8H2,2-4H3. The predicted octanol–water partition coefficient (Wildman–Crippen LogP) is 2.37. The van der Waals surface area contributed by atoms with Gasteiger partial charge in [-0.15, -0.1) is 6.58 Å². The zero-order valence-corrected chi connectivity index (χ0v) is 11.7. The van der Waals surface area contributed by atoms with Gasteiger partial charge < -0.3 is 14.9 Å². The molecule has 104 valence electrons. The largest absolute Gasteiger partial charge is 0.494 e. The van der Waals surface area contributed by atoms with E-state index >= 15 is 0 Å². The average molecular weight is 263 g/mol. The second-order valence-electron chi connectivity index (χ2n) is 6.63. The molecule has 0 spiro atoms. The summed E-state index contributed by atoms with van der Waals surface area (Å²) < 4.78 is 7.44. The summed E-state index contributed by atoms with van der Waals surface area (Å²) in [6.07, 6.45) is 3.17. The van der Waals surface area contributed by atoms with Crippen molar-refractivity contribution in [2.75, 3.05) is 0 Å². The lowest BCUT2D eigenvalue weighted by atomic mass is 9.71. The Morgan fingerprint density at radius 1 is 1.37 bits per heavy atom. The van der Waals surface area contributed by atoms with Crippen LogP contribution in [0.5, 0.6) is 11.8 Å². The van der Waals surface area contributed by atoms with Crippen LogP contribution in [0.15, 0.2) is 12.7 Å². The van der Waals surface area contributed by atoms with E-state index in [0.29, 0.717) is 19.4 Å². The number of allylic oxidation sites excluding steroid dienone is 1. The van der Waals surface area contributed by atoms with Crippen LogP contribution in [0, 0.1) is 5.41 Å². The molecule has 0 saturated carbocycles. The molecule has 0 amide bonds. The van der Waals surface area contributed by atoms with E-state index in [1.54, 1.807) is 6.08 Å². The molecule has 1 fully saturated rings. The first-order valence-electron chi connectivity index (χ1n) is 6.72. The molecule has 4 heteroatoms. The predicted molar refractivity (Wildman–Crippen MR) is 72.4 cm³/mol. The minimum absolute atomic E-state index is 0.0257. The van der Waals surface area contributed by atoms with Crippen LogP contribution in [0.4, 0.5) is 0 Å². The van der Waals surface area contributed by atoms with Crippen LogP contribution in [-0.4, -0.2) is 26.5 Å². The molecule has 1 aliphatic carbocycles. The first-order chi connectivity index (χ1) is 8.82. The maximum absolute atomic E-state index is 10.3. The van der Waals surface area contributed by atoms with Gasteiger partial charge in [-0.1, -0.05) is 26.8 Å². The minimum Gasteiger partial charge on any atom is -0.494 e. The number of fused-ring (bicyclic) bond motifs is 2. The van der Waals surface area contributed by atoms with Crippen molar-refractivity contribution >= 4 is 0 Å². The van der Waals surface area contributed by atoms with E-state index in [0.717, 1.165) is 11.1 Å². The van der Waals surface area contributed by atoms with Gasteiger partial charge in [0.1, 0.15) is 5.60 Å². The highest BCUT2D eigenvalue weighted by atomic mass is 16.6. The molecule has 19 heavy (non-hydrogen) atoms. The van der Waals surface area contributed by atoms with Gasteiger partial charge in [0.05, 0.1) is 6.10 Å². The second-order valence-corrected chi connectivity index (χ2v) is 6.63. The number of hydrogen-bond donors (Lipinski definition) is 2. The Bertz CT molecular complexity index is 553. The lowest BCUT2D eigenvalue weighted by Gasteiger charge is -2.30. The summed E-state index contributed by atoms with van der Waals surface area (Å²) in [5.74, 6) is 0.315. The van der Waals surface area contributed by atoms with Gasteiger partial charge in [-0.3, -0.25) is 4.57 Å². The van der Waals surface area contributed by atoms with Crippen LogP contribution in [0.2, 0.25) is 0 Å². The van der Waals surface area contributed by atoms with Gasteiger partial charge in [-0.2, -0.15) is 0 Å². The summed E-state index contributed by atoms with van der Waals surface area (Å²) in [5.41, 5.74) is 1.51. The second kappa shape index (κ2) is 3.57. The highest BCUT2D eigenvalue weighted by Crippen LogP contribution is 2.58. The summed E-state index contributed by atoms with van der Waals surface area (Å²) in [5, 5.41) is 20.5. The molecule has 0 aromatic carbocycles. The molecule has 1 aliphatic heterocycles. The van der Waals surface area contributed by atoms with Crippen LogP contribution in [0.1, 0.15) is 31.9 Å². The molecule has 4 nitrogen and oxygen atoms in total. The van der Waals surface area contributed by atoms with Crippen molar-refractivity contribution in [1.29, 1.82) is 0 Å². The molecular formula is C15H21NO3. The number of nitrogens with zero attached hydrogens (tertiary/aromatic N) is 1. The molecule has 2 unspecified atom stereocenters. The minimum atomic E-state index is -0.190. The topological polar surface area (TPSA) is 57.9 Å². The van der Waals surface area contributed by atoms with Gasteiger partial charge in [0, 0.05) is 30.5 Å². The van der Waals surface area contributed by atoms with E-state index < -0.39 is 0 Å². The number of aromatic hydroxyl groups is 2. The van der Waals surface area contributed by atoms with Crippen molar-refractivity contribution in [2.24, 2.45) is 5.41 Å². The van der Waals surface area contributed by atoms with Crippen molar-refractivity contribution in [2.45, 2.75) is 51.9 Å². The fourth-order valence-corrected chi connectivity index (χ4v) is 3.35. The quantitative estimate of drug-likeness (QED) is 0.636. The molecule has 2 N–H and O–H groups in total. The number of aromatic nitrogens is 1. The van der Waals surface area contributed by atoms with Gasteiger partial charge in [0.2, 0.25) is 0 Å². The first-order valence-corrected chi connectivity index (χ1v) is 6.72.